The van der Waals surface area contributed by atoms with Gasteiger partial charge in [-0.2, -0.15) is 0 Å². The molecule has 78 heavy (non-hydrogen) atoms. The van der Waals surface area contributed by atoms with Crippen LogP contribution in [0.15, 0.2) is 57.7 Å². The highest BCUT2D eigenvalue weighted by Crippen LogP contribution is 2.76. The van der Waals surface area contributed by atoms with E-state index in [0.717, 1.165) is 63.0 Å². The number of carbonyl (C=O) groups excluding carboxylic acids is 1. The number of nitrogens with zero attached hydrogens (tertiary/aromatic N) is 3. The van der Waals surface area contributed by atoms with Gasteiger partial charge in [0.25, 0.3) is 0 Å². The van der Waals surface area contributed by atoms with E-state index in [1.165, 1.54) is 44.1 Å². The largest absolute Gasteiger partial charge is 0.396 e. The first-order chi connectivity index (χ1) is 37.3. The quantitative estimate of drug-likeness (QED) is 0.0335. The molecule has 1 saturated heterocycles. The van der Waals surface area contributed by atoms with Crippen molar-refractivity contribution in [2.24, 2.45) is 109 Å². The van der Waals surface area contributed by atoms with Crippen LogP contribution >= 0.6 is 21.6 Å². The van der Waals surface area contributed by atoms with Crippen molar-refractivity contribution in [2.45, 2.75) is 186 Å². The molecule has 1 aromatic heterocycles. The Balaban J connectivity index is 1.06. The van der Waals surface area contributed by atoms with Crippen LogP contribution in [0.25, 0.3) is 0 Å². The van der Waals surface area contributed by atoms with Crippen molar-refractivity contribution >= 4 is 33.3 Å². The number of guanidine groups is 1. The van der Waals surface area contributed by atoms with Crippen LogP contribution in [-0.2, 0) is 4.79 Å². The maximum atomic E-state index is 15.7. The van der Waals surface area contributed by atoms with Gasteiger partial charge in [-0.05, 0) is 186 Å². The van der Waals surface area contributed by atoms with Gasteiger partial charge in [-0.25, -0.2) is 4.98 Å². The van der Waals surface area contributed by atoms with E-state index in [0.29, 0.717) is 66.2 Å². The molecule has 1 aromatic rings. The van der Waals surface area contributed by atoms with Crippen LogP contribution < -0.4 is 16.4 Å². The number of aliphatic hydroxyl groups is 6. The summed E-state index contributed by atoms with van der Waals surface area (Å²) >= 11 is 0. The lowest BCUT2D eigenvalue weighted by atomic mass is 9.39. The molecule has 1 spiro atoms. The molecule has 0 unspecified atom stereocenters. The van der Waals surface area contributed by atoms with E-state index in [1.807, 2.05) is 30.4 Å². The SMILES string of the molecule is CNC[C@@H]1[C@@H](O)[C@@H](O)C[C@]2(CCCC(C)C)[C@@H]3C(=CC(=O)[C@H]12)[C@]1(O)[C@H]2CSSC[C@H](n4ccnc4)CC(C)(C)C4=C5C[C@@H]6CC[C@H]7CCC[C@]7(C6)[C@@H]5C5=C6[C@@H](CCC5)C[C@H]([C@H](O)[C@H]64)[C@@H](C2)[C@@]1(CO)C[C@@H]3CN=C(N)N[C@@H](C)O. The number of hydrogen-bond acceptors (Lipinski definition) is 12. The second-order valence-corrected chi connectivity index (χ2v) is 31.4. The molecule has 7 saturated carbocycles. The number of aromatic nitrogens is 2. The van der Waals surface area contributed by atoms with Gasteiger partial charge in [-0.15, -0.1) is 0 Å². The third kappa shape index (κ3) is 8.63. The first-order valence-electron chi connectivity index (χ1n) is 31.0. The van der Waals surface area contributed by atoms with Gasteiger partial charge >= 0.3 is 0 Å². The van der Waals surface area contributed by atoms with Crippen LogP contribution in [0.1, 0.15) is 156 Å². The fourth-order valence-corrected chi connectivity index (χ4v) is 24.8. The number of rotatable bonds is 11. The van der Waals surface area contributed by atoms with E-state index in [-0.39, 0.29) is 72.4 Å². The van der Waals surface area contributed by atoms with Crippen molar-refractivity contribution in [3.63, 3.8) is 0 Å². The van der Waals surface area contributed by atoms with E-state index < -0.39 is 58.7 Å². The molecule has 15 heteroatoms. The van der Waals surface area contributed by atoms with Gasteiger partial charge in [0, 0.05) is 78.0 Å². The number of fused-ring (bicyclic) bond motifs is 14. The third-order valence-electron chi connectivity index (χ3n) is 24.2. The number of carbonyl (C=O) groups is 1. The summed E-state index contributed by atoms with van der Waals surface area (Å²) in [6.45, 7) is 11.3. The highest BCUT2D eigenvalue weighted by atomic mass is 33.1. The van der Waals surface area contributed by atoms with Gasteiger partial charge in [-0.1, -0.05) is 90.8 Å². The Hall–Kier alpha value is -2.21. The Labute approximate surface area is 473 Å². The lowest BCUT2D eigenvalue weighted by Crippen LogP contribution is -2.69. The van der Waals surface area contributed by atoms with Crippen LogP contribution in [0.3, 0.4) is 0 Å². The molecule has 10 N–H and O–H groups in total. The summed E-state index contributed by atoms with van der Waals surface area (Å²) in [6.07, 6.45) is 21.6. The lowest BCUT2D eigenvalue weighted by Gasteiger charge is -2.66. The number of ketones is 1. The summed E-state index contributed by atoms with van der Waals surface area (Å²) in [5, 5.41) is 82.8. The second-order valence-electron chi connectivity index (χ2n) is 28.9. The number of nitrogens with one attached hydrogen (secondary N) is 2. The summed E-state index contributed by atoms with van der Waals surface area (Å²) in [4.78, 5) is 25.4. The summed E-state index contributed by atoms with van der Waals surface area (Å²) in [5.74, 6) is 0.953. The average molecular weight is 1110 g/mol. The van der Waals surface area contributed by atoms with Gasteiger partial charge in [0.1, 0.15) is 6.23 Å². The number of allylic oxidation sites excluding steroid dienone is 3. The van der Waals surface area contributed by atoms with E-state index in [4.69, 9.17) is 10.7 Å². The van der Waals surface area contributed by atoms with E-state index >= 15 is 4.79 Å². The highest BCUT2D eigenvalue weighted by Gasteiger charge is 2.76. The standard InChI is InChI=1S/C63H96N6O7S2/c1-34(2)10-8-17-61-27-49(73)56(74)45(29-65-6)54(61)48(72)23-47-52(61)38(28-67-58(64)68-35(3)71)25-62(32-70)46-22-40(63(47,62)76)30-77-78-31-41(69-19-18-66-33-69)26-59(4,5)55-44-20-36-14-15-39-12-9-16-60(39,24-36)53(44)42-13-7-11-37-21-43(46)57(75)51(55)50(37)42/h18-19,23,33-41,43,45-46,49,51-54,56-57,65,70-71,73-76H,7-17,20-22,24-32H2,1-6H3,(H3,64,67,68)/t35-,36+,37+,38-,39-,40-,41-,43+,45+,46-,49+,51-,52+,53-,54+,56-,57+,60-,61-,62+,63-/m1/s1. The zero-order valence-corrected chi connectivity index (χ0v) is 49.4. The van der Waals surface area contributed by atoms with Crippen molar-refractivity contribution in [3.8, 4) is 0 Å². The summed E-state index contributed by atoms with van der Waals surface area (Å²) in [6, 6.07) is 0.135. The summed E-state index contributed by atoms with van der Waals surface area (Å²) in [7, 11) is 5.50. The first kappa shape index (κ1) is 56.3. The highest BCUT2D eigenvalue weighted by molar-refractivity contribution is 8.76. The van der Waals surface area contributed by atoms with E-state index in [2.05, 4.69) is 54.1 Å². The first-order valence-corrected chi connectivity index (χ1v) is 33.5. The summed E-state index contributed by atoms with van der Waals surface area (Å²) in [5.41, 5.74) is 10.1. The number of aliphatic hydroxyl groups excluding tert-OH is 5. The molecule has 0 amide bonds. The molecule has 12 rings (SSSR count). The van der Waals surface area contributed by atoms with Crippen LogP contribution in [0.2, 0.25) is 0 Å². The number of hydrogen-bond donors (Lipinski definition) is 9. The van der Waals surface area contributed by atoms with E-state index in [1.54, 1.807) is 40.5 Å². The molecule has 1 aliphatic heterocycles. The lowest BCUT2D eigenvalue weighted by molar-refractivity contribution is -0.199. The van der Waals surface area contributed by atoms with Gasteiger partial charge < -0.3 is 51.6 Å². The molecule has 0 aromatic carbocycles. The van der Waals surface area contributed by atoms with Crippen LogP contribution in [0.5, 0.6) is 0 Å². The molecular formula is C63H96N6O7S2. The van der Waals surface area contributed by atoms with Crippen molar-refractivity contribution in [2.75, 3.05) is 38.2 Å². The minimum Gasteiger partial charge on any atom is -0.396 e. The fourth-order valence-electron chi connectivity index (χ4n) is 22.0. The molecular weight excluding hydrogens is 1020 g/mol. The Kier molecular flexibility index (Phi) is 15.3. The molecule has 8 fully saturated rings. The number of imidazole rings is 1. The normalized spacial score (nSPS) is 46.1. The Morgan fingerprint density at radius 3 is 2.53 bits per heavy atom. The molecule has 432 valence electrons. The van der Waals surface area contributed by atoms with Crippen LogP contribution in [0.4, 0.5) is 0 Å². The van der Waals surface area contributed by atoms with E-state index in [9.17, 15) is 30.6 Å². The molecule has 10 aliphatic carbocycles. The molecule has 2 heterocycles. The number of aliphatic imine (C=N–C) groups is 1. The van der Waals surface area contributed by atoms with Crippen LogP contribution in [-0.4, -0.2) is 120 Å². The molecule has 0 radical (unpaired) electrons. The predicted molar refractivity (Wildman–Crippen MR) is 310 cm³/mol. The van der Waals surface area contributed by atoms with Gasteiger partial charge in [0.2, 0.25) is 0 Å². The topological polar surface area (TPSA) is 219 Å². The monoisotopic (exact) mass is 1110 g/mol. The minimum absolute atomic E-state index is 0.0943. The summed E-state index contributed by atoms with van der Waals surface area (Å²) < 4.78 is 2.32. The van der Waals surface area contributed by atoms with Gasteiger partial charge in [0.05, 0.1) is 36.8 Å². The maximum Gasteiger partial charge on any atom is 0.190 e. The van der Waals surface area contributed by atoms with Gasteiger partial charge in [-0.3, -0.25) is 9.79 Å². The van der Waals surface area contributed by atoms with Crippen molar-refractivity contribution in [1.82, 2.24) is 20.2 Å². The van der Waals surface area contributed by atoms with Crippen molar-refractivity contribution in [3.05, 3.63) is 52.7 Å². The van der Waals surface area contributed by atoms with Crippen molar-refractivity contribution in [1.29, 1.82) is 0 Å². The minimum atomic E-state index is -1.65. The Morgan fingerprint density at radius 2 is 1.78 bits per heavy atom. The second kappa shape index (κ2) is 21.1. The Bertz CT molecular complexity index is 2550. The third-order valence-corrected chi connectivity index (χ3v) is 26.8. The number of nitrogens with two attached hydrogens (primary N) is 1. The Morgan fingerprint density at radius 1 is 0.974 bits per heavy atom. The zero-order valence-electron chi connectivity index (χ0n) is 47.8. The average Bonchev–Trinajstić information content (AvgIpc) is 4.31. The molecule has 11 aliphatic rings. The zero-order chi connectivity index (χ0) is 54.8. The smallest absolute Gasteiger partial charge is 0.190 e. The van der Waals surface area contributed by atoms with Crippen molar-refractivity contribution < 1.29 is 35.4 Å². The maximum absolute atomic E-state index is 15.7. The van der Waals surface area contributed by atoms with Gasteiger partial charge in [0.15, 0.2) is 11.7 Å². The fraction of sp³-hybridized carbons (Fsp3) is 0.825. The van der Waals surface area contributed by atoms with Crippen LogP contribution in [0, 0.1) is 98.6 Å². The molecule has 21 atom stereocenters. The predicted octanol–water partition coefficient (Wildman–Crippen LogP) is 8.37. The molecule has 13 nitrogen and oxygen atoms in total. The molecule has 6 bridgehead atoms.